The zero-order valence-electron chi connectivity index (χ0n) is 7.90. The molecule has 2 aliphatic rings. The lowest BCUT2D eigenvalue weighted by molar-refractivity contribution is -0.132. The predicted molar refractivity (Wildman–Crippen MR) is 58.1 cm³/mol. The molecule has 0 bridgehead atoms. The average molecular weight is 196 g/mol. The number of allylic oxidation sites excluding steroid dienone is 3. The average Bonchev–Trinajstić information content (AvgIpc) is 2.73. The van der Waals surface area contributed by atoms with Crippen molar-refractivity contribution >= 4 is 17.6 Å². The molecule has 1 aromatic rings. The van der Waals surface area contributed by atoms with E-state index in [1.54, 1.807) is 12.2 Å². The summed E-state index contributed by atoms with van der Waals surface area (Å²) < 4.78 is 0. The molecule has 0 unspecified atom stereocenters. The number of rotatable bonds is 1. The molecule has 0 saturated heterocycles. The van der Waals surface area contributed by atoms with E-state index in [-0.39, 0.29) is 0 Å². The number of hydrogen-bond donors (Lipinski definition) is 1. The number of benzene rings is 1. The molecule has 2 heteroatoms. The van der Waals surface area contributed by atoms with Crippen LogP contribution < -0.4 is 0 Å². The highest BCUT2D eigenvalue weighted by Crippen LogP contribution is 2.40. The third-order valence-corrected chi connectivity index (χ3v) is 2.73. The minimum absolute atomic E-state index is 0.366. The van der Waals surface area contributed by atoms with E-state index in [1.165, 1.54) is 5.56 Å². The van der Waals surface area contributed by atoms with Crippen molar-refractivity contribution in [2.75, 3.05) is 0 Å². The van der Waals surface area contributed by atoms with Crippen LogP contribution in [0.2, 0.25) is 0 Å². The van der Waals surface area contributed by atoms with E-state index in [4.69, 9.17) is 5.11 Å². The molecule has 0 saturated carbocycles. The van der Waals surface area contributed by atoms with E-state index in [2.05, 4.69) is 0 Å². The van der Waals surface area contributed by atoms with Crippen LogP contribution in [0.3, 0.4) is 0 Å². The highest BCUT2D eigenvalue weighted by Gasteiger charge is 2.23. The number of carboxylic acids is 1. The molecule has 0 atom stereocenters. The van der Waals surface area contributed by atoms with Crippen molar-refractivity contribution in [3.05, 3.63) is 58.7 Å². The number of carboxylic acid groups (broad SMARTS) is 1. The van der Waals surface area contributed by atoms with Crippen molar-refractivity contribution in [1.82, 2.24) is 0 Å². The second-order valence-electron chi connectivity index (χ2n) is 3.65. The first-order valence-electron chi connectivity index (χ1n) is 4.74. The van der Waals surface area contributed by atoms with E-state index in [0.29, 0.717) is 5.57 Å². The van der Waals surface area contributed by atoms with Gasteiger partial charge in [0, 0.05) is 0 Å². The Balaban J connectivity index is 2.16. The lowest BCUT2D eigenvalue weighted by Crippen LogP contribution is -1.95. The van der Waals surface area contributed by atoms with E-state index < -0.39 is 5.97 Å². The number of aliphatic carboxylic acids is 1. The largest absolute Gasteiger partial charge is 0.478 e. The quantitative estimate of drug-likeness (QED) is 0.749. The first-order valence-corrected chi connectivity index (χ1v) is 4.74. The summed E-state index contributed by atoms with van der Waals surface area (Å²) in [6, 6.07) is 8.01. The maximum Gasteiger partial charge on any atom is 0.335 e. The predicted octanol–water partition coefficient (Wildman–Crippen LogP) is 2.49. The first kappa shape index (κ1) is 8.24. The third-order valence-electron chi connectivity index (χ3n) is 2.73. The van der Waals surface area contributed by atoms with Crippen molar-refractivity contribution in [2.24, 2.45) is 0 Å². The van der Waals surface area contributed by atoms with Crippen LogP contribution >= 0.6 is 0 Å². The summed E-state index contributed by atoms with van der Waals surface area (Å²) in [7, 11) is 0. The monoisotopic (exact) mass is 196 g/mol. The van der Waals surface area contributed by atoms with Crippen molar-refractivity contribution < 1.29 is 9.90 Å². The summed E-state index contributed by atoms with van der Waals surface area (Å²) in [5.41, 5.74) is 4.70. The van der Waals surface area contributed by atoms with Gasteiger partial charge in [-0.3, -0.25) is 0 Å². The normalized spacial score (nSPS) is 16.4. The molecule has 0 aromatic heterocycles. The van der Waals surface area contributed by atoms with Crippen molar-refractivity contribution in [3.8, 4) is 0 Å². The van der Waals surface area contributed by atoms with Gasteiger partial charge in [-0.25, -0.2) is 4.79 Å². The highest BCUT2D eigenvalue weighted by atomic mass is 16.4. The van der Waals surface area contributed by atoms with Crippen LogP contribution in [0.15, 0.2) is 47.6 Å². The second kappa shape index (κ2) is 2.70. The Morgan fingerprint density at radius 3 is 2.67 bits per heavy atom. The molecule has 72 valence electrons. The maximum absolute atomic E-state index is 10.8. The van der Waals surface area contributed by atoms with E-state index in [1.807, 2.05) is 30.3 Å². The van der Waals surface area contributed by atoms with Crippen LogP contribution in [-0.2, 0) is 4.79 Å². The Kier molecular flexibility index (Phi) is 1.48. The fourth-order valence-electron chi connectivity index (χ4n) is 2.04. The molecule has 0 fully saturated rings. The molecule has 2 aliphatic carbocycles. The van der Waals surface area contributed by atoms with Crippen molar-refractivity contribution in [1.29, 1.82) is 0 Å². The van der Waals surface area contributed by atoms with Crippen molar-refractivity contribution in [3.63, 3.8) is 0 Å². The van der Waals surface area contributed by atoms with Gasteiger partial charge in [0.1, 0.15) is 0 Å². The fourth-order valence-corrected chi connectivity index (χ4v) is 2.04. The molecular formula is C13H8O2. The van der Waals surface area contributed by atoms with Gasteiger partial charge >= 0.3 is 5.97 Å². The zero-order chi connectivity index (χ0) is 10.4. The number of carbonyl (C=O) groups is 1. The summed E-state index contributed by atoms with van der Waals surface area (Å²) in [4.78, 5) is 10.8. The van der Waals surface area contributed by atoms with E-state index in [9.17, 15) is 4.79 Å². The lowest BCUT2D eigenvalue weighted by Gasteiger charge is -1.98. The fraction of sp³-hybridized carbons (Fsp3) is 0. The van der Waals surface area contributed by atoms with Crippen LogP contribution in [0.4, 0.5) is 0 Å². The van der Waals surface area contributed by atoms with Crippen LogP contribution in [0.5, 0.6) is 0 Å². The van der Waals surface area contributed by atoms with Gasteiger partial charge in [-0.2, -0.15) is 0 Å². The maximum atomic E-state index is 10.8. The Hall–Kier alpha value is -2.09. The van der Waals surface area contributed by atoms with Gasteiger partial charge in [0.05, 0.1) is 5.57 Å². The van der Waals surface area contributed by atoms with Crippen LogP contribution in [0.1, 0.15) is 11.1 Å². The smallest absolute Gasteiger partial charge is 0.335 e. The van der Waals surface area contributed by atoms with Gasteiger partial charge in [0.25, 0.3) is 0 Å². The molecule has 15 heavy (non-hydrogen) atoms. The molecule has 2 nitrogen and oxygen atoms in total. The van der Waals surface area contributed by atoms with Gasteiger partial charge < -0.3 is 5.11 Å². The van der Waals surface area contributed by atoms with Crippen LogP contribution in [-0.4, -0.2) is 11.1 Å². The molecule has 0 radical (unpaired) electrons. The molecule has 0 amide bonds. The van der Waals surface area contributed by atoms with Gasteiger partial charge in [0.15, 0.2) is 0 Å². The first-order chi connectivity index (χ1) is 7.25. The van der Waals surface area contributed by atoms with Gasteiger partial charge in [-0.1, -0.05) is 24.3 Å². The van der Waals surface area contributed by atoms with Crippen molar-refractivity contribution in [2.45, 2.75) is 0 Å². The third kappa shape index (κ3) is 1.08. The second-order valence-corrected chi connectivity index (χ2v) is 3.65. The van der Waals surface area contributed by atoms with Crippen LogP contribution in [0.25, 0.3) is 11.6 Å². The molecule has 3 rings (SSSR count). The molecule has 1 aromatic carbocycles. The van der Waals surface area contributed by atoms with Gasteiger partial charge in [0.2, 0.25) is 0 Å². The minimum atomic E-state index is -0.865. The Morgan fingerprint density at radius 2 is 1.87 bits per heavy atom. The molecule has 0 heterocycles. The minimum Gasteiger partial charge on any atom is -0.478 e. The Bertz CT molecular complexity index is 560. The molecule has 1 N–H and O–H groups in total. The van der Waals surface area contributed by atoms with E-state index >= 15 is 0 Å². The molecular weight excluding hydrogens is 188 g/mol. The van der Waals surface area contributed by atoms with Gasteiger partial charge in [-0.05, 0) is 40.5 Å². The Labute approximate surface area is 86.9 Å². The SMILES string of the molecule is O=C(O)C1=CC2=Cc3ccccc3C2=C1. The number of fused-ring (bicyclic) bond motifs is 3. The topological polar surface area (TPSA) is 37.3 Å². The Morgan fingerprint density at radius 1 is 1.07 bits per heavy atom. The molecule has 0 spiro atoms. The summed E-state index contributed by atoms with van der Waals surface area (Å²) in [6.45, 7) is 0. The van der Waals surface area contributed by atoms with E-state index in [0.717, 1.165) is 16.7 Å². The summed E-state index contributed by atoms with van der Waals surface area (Å²) in [5, 5.41) is 8.88. The van der Waals surface area contributed by atoms with Crippen LogP contribution in [0, 0.1) is 0 Å². The summed E-state index contributed by atoms with van der Waals surface area (Å²) >= 11 is 0. The lowest BCUT2D eigenvalue weighted by atomic mass is 10.1. The standard InChI is InChI=1S/C13H8O2/c14-13(15)10-6-9-5-8-3-1-2-4-11(8)12(9)7-10/h1-7H,(H,14,15). The highest BCUT2D eigenvalue weighted by molar-refractivity contribution is 6.07. The van der Waals surface area contributed by atoms with Gasteiger partial charge in [-0.15, -0.1) is 0 Å². The molecule has 0 aliphatic heterocycles. The number of hydrogen-bond acceptors (Lipinski definition) is 1. The summed E-state index contributed by atoms with van der Waals surface area (Å²) in [6.07, 6.45) is 5.48. The zero-order valence-corrected chi connectivity index (χ0v) is 7.90. The summed E-state index contributed by atoms with van der Waals surface area (Å²) in [5.74, 6) is -0.865.